The van der Waals surface area contributed by atoms with Crippen LogP contribution in [0.3, 0.4) is 0 Å². The van der Waals surface area contributed by atoms with Crippen LogP contribution in [0.25, 0.3) is 0 Å². The molecule has 0 saturated carbocycles. The summed E-state index contributed by atoms with van der Waals surface area (Å²) in [6, 6.07) is 17.3. The van der Waals surface area contributed by atoms with Gasteiger partial charge in [0.1, 0.15) is 22.1 Å². The molecular formula is C20H19N3O4S. The minimum Gasteiger partial charge on any atom is -0.457 e. The van der Waals surface area contributed by atoms with Crippen molar-refractivity contribution in [1.82, 2.24) is 9.88 Å². The molecule has 2 N–H and O–H groups in total. The van der Waals surface area contributed by atoms with E-state index in [1.807, 2.05) is 30.3 Å². The van der Waals surface area contributed by atoms with Crippen molar-refractivity contribution in [2.24, 2.45) is 0 Å². The summed E-state index contributed by atoms with van der Waals surface area (Å²) in [4.78, 5) is 12.1. The van der Waals surface area contributed by atoms with E-state index in [0.717, 1.165) is 6.42 Å². The summed E-state index contributed by atoms with van der Waals surface area (Å²) in [7, 11) is -3.81. The SMILES string of the molecule is O=C1NCCCn2cc(S(=O)(=O)Nc3ccc(Oc4ccccc4)cc3)cc21. The highest BCUT2D eigenvalue weighted by atomic mass is 32.2. The van der Waals surface area contributed by atoms with Gasteiger partial charge in [-0.1, -0.05) is 18.2 Å². The van der Waals surface area contributed by atoms with Gasteiger partial charge in [0.05, 0.1) is 0 Å². The first-order chi connectivity index (χ1) is 13.5. The summed E-state index contributed by atoms with van der Waals surface area (Å²) in [6.45, 7) is 1.17. The molecule has 0 radical (unpaired) electrons. The van der Waals surface area contributed by atoms with E-state index in [-0.39, 0.29) is 10.8 Å². The van der Waals surface area contributed by atoms with E-state index in [0.29, 0.717) is 36.0 Å². The van der Waals surface area contributed by atoms with Crippen LogP contribution < -0.4 is 14.8 Å². The Morgan fingerprint density at radius 2 is 1.71 bits per heavy atom. The molecular weight excluding hydrogens is 378 g/mol. The van der Waals surface area contributed by atoms with Crippen LogP contribution in [0, 0.1) is 0 Å². The van der Waals surface area contributed by atoms with Gasteiger partial charge in [0.2, 0.25) is 0 Å². The minimum atomic E-state index is -3.81. The lowest BCUT2D eigenvalue weighted by atomic mass is 10.3. The third-order valence-electron chi connectivity index (χ3n) is 4.36. The van der Waals surface area contributed by atoms with E-state index < -0.39 is 10.0 Å². The lowest BCUT2D eigenvalue weighted by Crippen LogP contribution is -2.22. The molecule has 0 fully saturated rings. The Morgan fingerprint density at radius 1 is 1.00 bits per heavy atom. The maximum Gasteiger partial charge on any atom is 0.267 e. The van der Waals surface area contributed by atoms with Gasteiger partial charge in [0.15, 0.2) is 0 Å². The molecule has 0 bridgehead atoms. The number of nitrogens with one attached hydrogen (secondary N) is 2. The Morgan fingerprint density at radius 3 is 2.46 bits per heavy atom. The maximum atomic E-state index is 12.7. The highest BCUT2D eigenvalue weighted by molar-refractivity contribution is 7.92. The van der Waals surface area contributed by atoms with Crippen molar-refractivity contribution in [3.8, 4) is 11.5 Å². The van der Waals surface area contributed by atoms with E-state index >= 15 is 0 Å². The van der Waals surface area contributed by atoms with Crippen molar-refractivity contribution < 1.29 is 17.9 Å². The minimum absolute atomic E-state index is 0.0594. The number of carbonyl (C=O) groups is 1. The molecule has 1 aliphatic rings. The Balaban J connectivity index is 1.50. The van der Waals surface area contributed by atoms with Gasteiger partial charge in [-0.15, -0.1) is 0 Å². The van der Waals surface area contributed by atoms with Gasteiger partial charge in [-0.3, -0.25) is 9.52 Å². The van der Waals surface area contributed by atoms with Crippen molar-refractivity contribution in [3.05, 3.63) is 72.6 Å². The van der Waals surface area contributed by atoms with Gasteiger partial charge in [-0.05, 0) is 48.9 Å². The second-order valence-corrected chi connectivity index (χ2v) is 8.09. The van der Waals surface area contributed by atoms with Gasteiger partial charge in [0, 0.05) is 25.0 Å². The molecule has 2 aromatic carbocycles. The number of carbonyl (C=O) groups excluding carboxylic acids is 1. The number of para-hydroxylation sites is 1. The van der Waals surface area contributed by atoms with Gasteiger partial charge in [-0.2, -0.15) is 0 Å². The number of nitrogens with zero attached hydrogens (tertiary/aromatic N) is 1. The Labute approximate surface area is 163 Å². The van der Waals surface area contributed by atoms with Crippen LogP contribution in [0.1, 0.15) is 16.9 Å². The van der Waals surface area contributed by atoms with Crippen molar-refractivity contribution in [2.75, 3.05) is 11.3 Å². The van der Waals surface area contributed by atoms with Gasteiger partial charge >= 0.3 is 0 Å². The molecule has 1 aromatic heterocycles. The predicted octanol–water partition coefficient (Wildman–Crippen LogP) is 3.21. The number of ether oxygens (including phenoxy) is 1. The molecule has 1 aliphatic heterocycles. The summed E-state index contributed by atoms with van der Waals surface area (Å²) in [5, 5.41) is 2.75. The summed E-state index contributed by atoms with van der Waals surface area (Å²) < 4.78 is 35.3. The van der Waals surface area contributed by atoms with Crippen LogP contribution in [0.15, 0.2) is 71.8 Å². The Bertz CT molecular complexity index is 1090. The molecule has 0 aliphatic carbocycles. The molecule has 7 nitrogen and oxygen atoms in total. The van der Waals surface area contributed by atoms with Gasteiger partial charge < -0.3 is 14.6 Å². The van der Waals surface area contributed by atoms with E-state index in [9.17, 15) is 13.2 Å². The number of hydrogen-bond acceptors (Lipinski definition) is 4. The molecule has 28 heavy (non-hydrogen) atoms. The molecule has 0 saturated heterocycles. The topological polar surface area (TPSA) is 89.4 Å². The average molecular weight is 397 g/mol. The van der Waals surface area contributed by atoms with E-state index in [4.69, 9.17) is 4.74 Å². The highest BCUT2D eigenvalue weighted by Crippen LogP contribution is 2.25. The number of benzene rings is 2. The molecule has 144 valence electrons. The van der Waals surface area contributed by atoms with Crippen molar-refractivity contribution in [1.29, 1.82) is 0 Å². The normalized spacial score (nSPS) is 13.9. The molecule has 4 rings (SSSR count). The smallest absolute Gasteiger partial charge is 0.267 e. The average Bonchev–Trinajstić information content (AvgIpc) is 3.05. The molecule has 2 heterocycles. The van der Waals surface area contributed by atoms with Crippen molar-refractivity contribution in [3.63, 3.8) is 0 Å². The summed E-state index contributed by atoms with van der Waals surface area (Å²) in [5.41, 5.74) is 0.760. The van der Waals surface area contributed by atoms with Crippen LogP contribution in [0.5, 0.6) is 11.5 Å². The number of rotatable bonds is 5. The van der Waals surface area contributed by atoms with Crippen LogP contribution in [-0.2, 0) is 16.6 Å². The lowest BCUT2D eigenvalue weighted by molar-refractivity contribution is 0.0951. The fourth-order valence-electron chi connectivity index (χ4n) is 2.98. The first kappa shape index (κ1) is 18.1. The fraction of sp³-hybridized carbons (Fsp3) is 0.150. The first-order valence-electron chi connectivity index (χ1n) is 8.85. The quantitative estimate of drug-likeness (QED) is 0.692. The van der Waals surface area contributed by atoms with Crippen LogP contribution in [-0.4, -0.2) is 25.4 Å². The van der Waals surface area contributed by atoms with Crippen LogP contribution >= 0.6 is 0 Å². The standard InChI is InChI=1S/C20H19N3O4S/c24-20-19-13-18(14-23(19)12-4-11-21-20)28(25,26)22-15-7-9-17(10-8-15)27-16-5-2-1-3-6-16/h1-3,5-10,13-14,22H,4,11-12H2,(H,21,24). The van der Waals surface area contributed by atoms with Gasteiger partial charge in [-0.25, -0.2) is 8.42 Å². The van der Waals surface area contributed by atoms with Crippen LogP contribution in [0.4, 0.5) is 5.69 Å². The van der Waals surface area contributed by atoms with Crippen LogP contribution in [0.2, 0.25) is 0 Å². The first-order valence-corrected chi connectivity index (χ1v) is 10.3. The maximum absolute atomic E-state index is 12.7. The third kappa shape index (κ3) is 3.86. The number of aromatic nitrogens is 1. The largest absolute Gasteiger partial charge is 0.457 e. The summed E-state index contributed by atoms with van der Waals surface area (Å²) in [6.07, 6.45) is 2.25. The Kier molecular flexibility index (Phi) is 4.79. The molecule has 0 unspecified atom stereocenters. The second kappa shape index (κ2) is 7.40. The van der Waals surface area contributed by atoms with E-state index in [1.54, 1.807) is 28.8 Å². The Hall–Kier alpha value is -3.26. The zero-order valence-corrected chi connectivity index (χ0v) is 15.8. The molecule has 8 heteroatoms. The number of amides is 1. The second-order valence-electron chi connectivity index (χ2n) is 6.41. The van der Waals surface area contributed by atoms with E-state index in [1.165, 1.54) is 12.3 Å². The monoisotopic (exact) mass is 397 g/mol. The summed E-state index contributed by atoms with van der Waals surface area (Å²) >= 11 is 0. The molecule has 3 aromatic rings. The van der Waals surface area contributed by atoms with Crippen molar-refractivity contribution in [2.45, 2.75) is 17.9 Å². The van der Waals surface area contributed by atoms with Gasteiger partial charge in [0.25, 0.3) is 15.9 Å². The number of aryl methyl sites for hydroxylation is 1. The fourth-order valence-corrected chi connectivity index (χ4v) is 4.07. The zero-order valence-electron chi connectivity index (χ0n) is 15.0. The van der Waals surface area contributed by atoms with E-state index in [2.05, 4.69) is 10.0 Å². The molecule has 1 amide bonds. The number of sulfonamides is 1. The number of fused-ring (bicyclic) bond motifs is 1. The third-order valence-corrected chi connectivity index (χ3v) is 5.71. The zero-order chi connectivity index (χ0) is 19.6. The highest BCUT2D eigenvalue weighted by Gasteiger charge is 2.23. The number of anilines is 1. The summed E-state index contributed by atoms with van der Waals surface area (Å²) in [5.74, 6) is 1.03. The number of hydrogen-bond donors (Lipinski definition) is 2. The predicted molar refractivity (Wildman–Crippen MR) is 105 cm³/mol. The molecule has 0 atom stereocenters. The molecule has 0 spiro atoms. The lowest BCUT2D eigenvalue weighted by Gasteiger charge is -2.09. The van der Waals surface area contributed by atoms with Crippen molar-refractivity contribution >= 4 is 21.6 Å².